The highest BCUT2D eigenvalue weighted by molar-refractivity contribution is 7.91. The van der Waals surface area contributed by atoms with Gasteiger partial charge < -0.3 is 0 Å². The van der Waals surface area contributed by atoms with Crippen molar-refractivity contribution in [3.8, 4) is 0 Å². The normalized spacial score (nSPS) is 22.5. The molecule has 21 heavy (non-hydrogen) atoms. The Balaban J connectivity index is 1.87. The Morgan fingerprint density at radius 3 is 2.48 bits per heavy atom. The number of rotatable bonds is 2. The van der Waals surface area contributed by atoms with Gasteiger partial charge in [-0.05, 0) is 39.5 Å². The fraction of sp³-hybridized carbons (Fsp3) is 0.692. The first-order valence-electron chi connectivity index (χ1n) is 7.00. The second kappa shape index (κ2) is 4.67. The Morgan fingerprint density at radius 1 is 1.29 bits per heavy atom. The smallest absolute Gasteiger partial charge is 0.294 e. The van der Waals surface area contributed by atoms with Gasteiger partial charge in [0.25, 0.3) is 5.91 Å². The summed E-state index contributed by atoms with van der Waals surface area (Å²) < 4.78 is 26.7. The van der Waals surface area contributed by atoms with Gasteiger partial charge in [-0.2, -0.15) is 0 Å². The maximum atomic E-state index is 12.5. The second-order valence-electron chi connectivity index (χ2n) is 5.85. The van der Waals surface area contributed by atoms with Crippen LogP contribution in [0.15, 0.2) is 4.79 Å². The lowest BCUT2D eigenvalue weighted by molar-refractivity contribution is -0.127. The van der Waals surface area contributed by atoms with E-state index in [0.717, 1.165) is 26.2 Å². The first-order chi connectivity index (χ1) is 9.78. The van der Waals surface area contributed by atoms with Gasteiger partial charge in [-0.3, -0.25) is 14.2 Å². The molecule has 0 radical (unpaired) electrons. The Kier molecular flexibility index (Phi) is 3.29. The summed E-state index contributed by atoms with van der Waals surface area (Å²) in [5.41, 5.74) is 0.730. The molecule has 0 N–H and O–H groups in total. The highest BCUT2D eigenvalue weighted by atomic mass is 32.2. The maximum absolute atomic E-state index is 12.5. The van der Waals surface area contributed by atoms with Gasteiger partial charge in [0.15, 0.2) is 0 Å². The average molecular weight is 330 g/mol. The number of aromatic nitrogens is 1. The van der Waals surface area contributed by atoms with Crippen molar-refractivity contribution in [3.05, 3.63) is 20.2 Å². The van der Waals surface area contributed by atoms with Crippen molar-refractivity contribution in [2.75, 3.05) is 6.54 Å². The Hall–Kier alpha value is -1.15. The van der Waals surface area contributed by atoms with E-state index in [-0.39, 0.29) is 18.0 Å². The van der Waals surface area contributed by atoms with E-state index in [9.17, 15) is 18.0 Å². The number of carbonyl (C=O) groups is 1. The summed E-state index contributed by atoms with van der Waals surface area (Å²) in [5.74, 6) is -0.496. The van der Waals surface area contributed by atoms with Gasteiger partial charge in [0, 0.05) is 17.1 Å². The predicted molar refractivity (Wildman–Crippen MR) is 79.9 cm³/mol. The number of aryl methyl sites for hydroxylation is 1. The fourth-order valence-electron chi connectivity index (χ4n) is 2.92. The topological polar surface area (TPSA) is 76.5 Å². The van der Waals surface area contributed by atoms with Gasteiger partial charge in [0.1, 0.15) is 6.54 Å². The molecule has 6 nitrogen and oxygen atoms in total. The number of nitrogens with zero attached hydrogens (tertiary/aromatic N) is 2. The van der Waals surface area contributed by atoms with E-state index in [1.165, 1.54) is 4.57 Å². The van der Waals surface area contributed by atoms with Gasteiger partial charge in [0.05, 0.1) is 4.75 Å². The van der Waals surface area contributed by atoms with Crippen LogP contribution in [0.5, 0.6) is 0 Å². The number of hydrogen-bond acceptors (Lipinski definition) is 5. The molecule has 0 aromatic carbocycles. The highest BCUT2D eigenvalue weighted by Gasteiger charge is 2.59. The molecule has 1 saturated carbocycles. The first-order valence-corrected chi connectivity index (χ1v) is 9.26. The van der Waals surface area contributed by atoms with Crippen LogP contribution in [-0.2, 0) is 21.4 Å². The molecule has 1 aromatic rings. The summed E-state index contributed by atoms with van der Waals surface area (Å²) >= 11 is 1.08. The Morgan fingerprint density at radius 2 is 1.95 bits per heavy atom. The molecule has 1 aliphatic carbocycles. The summed E-state index contributed by atoms with van der Waals surface area (Å²) in [4.78, 5) is 24.9. The van der Waals surface area contributed by atoms with Crippen molar-refractivity contribution in [1.29, 1.82) is 0 Å². The van der Waals surface area contributed by atoms with Crippen LogP contribution in [0.4, 0.5) is 0 Å². The van der Waals surface area contributed by atoms with Crippen molar-refractivity contribution in [2.24, 2.45) is 0 Å². The molecule has 2 heterocycles. The molecule has 1 aromatic heterocycles. The SMILES string of the molecule is Cc1sc(=O)n(CC(=O)N2CCCC3(CC3)S2(=O)=O)c1C. The quantitative estimate of drug-likeness (QED) is 0.811. The monoisotopic (exact) mass is 330 g/mol. The summed E-state index contributed by atoms with van der Waals surface area (Å²) in [5, 5.41) is 0. The molecule has 2 fully saturated rings. The van der Waals surface area contributed by atoms with Crippen LogP contribution >= 0.6 is 11.3 Å². The van der Waals surface area contributed by atoms with E-state index in [2.05, 4.69) is 0 Å². The van der Waals surface area contributed by atoms with E-state index in [1.807, 2.05) is 6.92 Å². The molecule has 116 valence electrons. The second-order valence-corrected chi connectivity index (χ2v) is 9.28. The lowest BCUT2D eigenvalue weighted by Gasteiger charge is -2.32. The van der Waals surface area contributed by atoms with Crippen LogP contribution in [0.3, 0.4) is 0 Å². The first kappa shape index (κ1) is 14.8. The van der Waals surface area contributed by atoms with Crippen molar-refractivity contribution < 1.29 is 13.2 Å². The molecule has 0 unspecified atom stereocenters. The number of carbonyl (C=O) groups excluding carboxylic acids is 1. The van der Waals surface area contributed by atoms with Crippen LogP contribution in [0.2, 0.25) is 0 Å². The van der Waals surface area contributed by atoms with Gasteiger partial charge in [0.2, 0.25) is 10.0 Å². The fourth-order valence-corrected chi connectivity index (χ4v) is 5.93. The summed E-state index contributed by atoms with van der Waals surface area (Å²) in [6.45, 7) is 3.64. The number of thiazole rings is 1. The Labute approximate surface area is 127 Å². The zero-order valence-electron chi connectivity index (χ0n) is 12.1. The number of hydrogen-bond donors (Lipinski definition) is 0. The molecule has 2 aliphatic rings. The molecule has 1 spiro atoms. The third kappa shape index (κ3) is 2.15. The molecule has 1 saturated heterocycles. The summed E-state index contributed by atoms with van der Waals surface area (Å²) in [6, 6.07) is 0. The van der Waals surface area contributed by atoms with E-state index in [0.29, 0.717) is 25.7 Å². The van der Waals surface area contributed by atoms with E-state index in [4.69, 9.17) is 0 Å². The van der Waals surface area contributed by atoms with Gasteiger partial charge in [-0.1, -0.05) is 11.3 Å². The minimum absolute atomic E-state index is 0.190. The number of sulfonamides is 1. The van der Waals surface area contributed by atoms with E-state index in [1.54, 1.807) is 6.92 Å². The summed E-state index contributed by atoms with van der Waals surface area (Å²) in [7, 11) is -3.56. The molecule has 0 bridgehead atoms. The van der Waals surface area contributed by atoms with Crippen molar-refractivity contribution in [1.82, 2.24) is 8.87 Å². The van der Waals surface area contributed by atoms with Gasteiger partial charge in [-0.15, -0.1) is 0 Å². The van der Waals surface area contributed by atoms with Crippen LogP contribution in [0.25, 0.3) is 0 Å². The van der Waals surface area contributed by atoms with Crippen LogP contribution < -0.4 is 4.87 Å². The summed E-state index contributed by atoms with van der Waals surface area (Å²) in [6.07, 6.45) is 2.66. The maximum Gasteiger partial charge on any atom is 0.308 e. The van der Waals surface area contributed by atoms with Crippen LogP contribution in [0.1, 0.15) is 36.3 Å². The van der Waals surface area contributed by atoms with Gasteiger partial charge >= 0.3 is 4.87 Å². The molecular formula is C13H18N2O4S2. The molecule has 0 atom stereocenters. The zero-order chi connectivity index (χ0) is 15.4. The minimum Gasteiger partial charge on any atom is -0.294 e. The van der Waals surface area contributed by atoms with Crippen molar-refractivity contribution in [2.45, 2.75) is 50.8 Å². The van der Waals surface area contributed by atoms with Crippen LogP contribution in [-0.4, -0.2) is 34.5 Å². The molecule has 1 amide bonds. The van der Waals surface area contributed by atoms with E-state index >= 15 is 0 Å². The molecule has 8 heteroatoms. The highest BCUT2D eigenvalue weighted by Crippen LogP contribution is 2.51. The van der Waals surface area contributed by atoms with Crippen LogP contribution in [0, 0.1) is 13.8 Å². The minimum atomic E-state index is -3.56. The molecule has 3 rings (SSSR count). The van der Waals surface area contributed by atoms with Gasteiger partial charge in [-0.25, -0.2) is 12.7 Å². The van der Waals surface area contributed by atoms with Crippen molar-refractivity contribution >= 4 is 27.3 Å². The predicted octanol–water partition coefficient (Wildman–Crippen LogP) is 1.01. The molecular weight excluding hydrogens is 312 g/mol. The lowest BCUT2D eigenvalue weighted by Crippen LogP contribution is -2.49. The third-order valence-corrected chi connectivity index (χ3v) is 8.26. The standard InChI is InChI=1S/C13H18N2O4S2/c1-9-10(2)20-12(17)14(9)8-11(16)15-7-3-4-13(5-6-13)21(15,18)19/h3-8H2,1-2H3. The zero-order valence-corrected chi connectivity index (χ0v) is 13.7. The van der Waals surface area contributed by atoms with E-state index < -0.39 is 20.7 Å². The number of amides is 1. The third-order valence-electron chi connectivity index (χ3n) is 4.59. The molecule has 1 aliphatic heterocycles. The van der Waals surface area contributed by atoms with Crippen molar-refractivity contribution in [3.63, 3.8) is 0 Å². The lowest BCUT2D eigenvalue weighted by atomic mass is 10.2. The average Bonchev–Trinajstić information content (AvgIpc) is 3.15. The Bertz CT molecular complexity index is 756. The largest absolute Gasteiger partial charge is 0.308 e.